The molecule has 20 heavy (non-hydrogen) atoms. The molecule has 1 fully saturated rings. The van der Waals surface area contributed by atoms with Crippen molar-refractivity contribution in [2.75, 3.05) is 39.3 Å². The summed E-state index contributed by atoms with van der Waals surface area (Å²) < 4.78 is 1.60. The molecule has 0 aliphatic carbocycles. The standard InChI is InChI=1S/C13H23N5O2/c1-11(2)9-17-5-3-16(4-6-17)7-8-18-10-12(13(19)20)14-15-18/h10-11H,3-9H2,1-2H3,(H,19,20). The molecule has 1 aliphatic rings. The number of hydrogen-bond donors (Lipinski definition) is 1. The fourth-order valence-electron chi connectivity index (χ4n) is 2.46. The van der Waals surface area contributed by atoms with Crippen LogP contribution < -0.4 is 0 Å². The second-order valence-corrected chi connectivity index (χ2v) is 5.71. The number of nitrogens with zero attached hydrogens (tertiary/aromatic N) is 5. The van der Waals surface area contributed by atoms with Crippen molar-refractivity contribution < 1.29 is 9.90 Å². The van der Waals surface area contributed by atoms with Gasteiger partial charge in [-0.3, -0.25) is 9.58 Å². The van der Waals surface area contributed by atoms with Gasteiger partial charge in [-0.1, -0.05) is 19.1 Å². The Hall–Kier alpha value is -1.47. The first-order chi connectivity index (χ1) is 9.54. The Morgan fingerprint density at radius 3 is 2.45 bits per heavy atom. The number of piperazine rings is 1. The normalized spacial score (nSPS) is 17.8. The van der Waals surface area contributed by atoms with Crippen molar-refractivity contribution in [1.82, 2.24) is 24.8 Å². The Morgan fingerprint density at radius 2 is 1.90 bits per heavy atom. The van der Waals surface area contributed by atoms with E-state index in [1.807, 2.05) is 0 Å². The zero-order valence-corrected chi connectivity index (χ0v) is 12.2. The van der Waals surface area contributed by atoms with Crippen LogP contribution in [0.4, 0.5) is 0 Å². The summed E-state index contributed by atoms with van der Waals surface area (Å²) >= 11 is 0. The fourth-order valence-corrected chi connectivity index (χ4v) is 2.46. The molecular formula is C13H23N5O2. The van der Waals surface area contributed by atoms with Crippen LogP contribution in [0.5, 0.6) is 0 Å². The third-order valence-corrected chi connectivity index (χ3v) is 3.49. The Morgan fingerprint density at radius 1 is 1.25 bits per heavy atom. The number of hydrogen-bond acceptors (Lipinski definition) is 5. The summed E-state index contributed by atoms with van der Waals surface area (Å²) in [5, 5.41) is 16.2. The molecule has 1 N–H and O–H groups in total. The van der Waals surface area contributed by atoms with Gasteiger partial charge >= 0.3 is 5.97 Å². The number of carboxylic acids is 1. The first-order valence-corrected chi connectivity index (χ1v) is 7.12. The van der Waals surface area contributed by atoms with Crippen LogP contribution in [0.25, 0.3) is 0 Å². The Balaban J connectivity index is 1.71. The molecule has 0 spiro atoms. The maximum absolute atomic E-state index is 10.7. The van der Waals surface area contributed by atoms with E-state index >= 15 is 0 Å². The van der Waals surface area contributed by atoms with E-state index in [-0.39, 0.29) is 5.69 Å². The van der Waals surface area contributed by atoms with Gasteiger partial charge in [-0.25, -0.2) is 4.79 Å². The lowest BCUT2D eigenvalue weighted by Crippen LogP contribution is -2.48. The number of rotatable bonds is 6. The summed E-state index contributed by atoms with van der Waals surface area (Å²) in [5.41, 5.74) is 0.00625. The van der Waals surface area contributed by atoms with E-state index in [1.54, 1.807) is 4.68 Å². The molecule has 0 radical (unpaired) electrons. The second-order valence-electron chi connectivity index (χ2n) is 5.71. The third kappa shape index (κ3) is 4.28. The van der Waals surface area contributed by atoms with Gasteiger partial charge in [-0.2, -0.15) is 0 Å². The van der Waals surface area contributed by atoms with Gasteiger partial charge in [0.2, 0.25) is 0 Å². The summed E-state index contributed by atoms with van der Waals surface area (Å²) in [6.45, 7) is 11.6. The number of aromatic nitrogens is 3. The van der Waals surface area contributed by atoms with E-state index in [2.05, 4.69) is 34.0 Å². The summed E-state index contributed by atoms with van der Waals surface area (Å²) in [4.78, 5) is 15.6. The number of carboxylic acid groups (broad SMARTS) is 1. The monoisotopic (exact) mass is 281 g/mol. The number of aromatic carboxylic acids is 1. The molecule has 0 bridgehead atoms. The zero-order chi connectivity index (χ0) is 14.5. The van der Waals surface area contributed by atoms with E-state index < -0.39 is 5.97 Å². The lowest BCUT2D eigenvalue weighted by Gasteiger charge is -2.35. The highest BCUT2D eigenvalue weighted by molar-refractivity contribution is 5.84. The quantitative estimate of drug-likeness (QED) is 0.805. The molecule has 1 saturated heterocycles. The van der Waals surface area contributed by atoms with Gasteiger partial charge in [0, 0.05) is 39.3 Å². The molecule has 2 rings (SSSR count). The molecule has 7 heteroatoms. The van der Waals surface area contributed by atoms with Gasteiger partial charge in [0.05, 0.1) is 12.7 Å². The van der Waals surface area contributed by atoms with Gasteiger partial charge in [0.25, 0.3) is 0 Å². The average molecular weight is 281 g/mol. The van der Waals surface area contributed by atoms with E-state index in [0.717, 1.165) is 32.7 Å². The van der Waals surface area contributed by atoms with E-state index in [9.17, 15) is 4.79 Å². The van der Waals surface area contributed by atoms with Crippen molar-refractivity contribution in [2.45, 2.75) is 20.4 Å². The topological polar surface area (TPSA) is 74.5 Å². The highest BCUT2D eigenvalue weighted by atomic mass is 16.4. The molecule has 1 aromatic rings. The first kappa shape index (κ1) is 14.9. The Kier molecular flexibility index (Phi) is 5.08. The zero-order valence-electron chi connectivity index (χ0n) is 12.2. The summed E-state index contributed by atoms with van der Waals surface area (Å²) in [7, 11) is 0. The molecule has 0 atom stereocenters. The largest absolute Gasteiger partial charge is 0.476 e. The van der Waals surface area contributed by atoms with Crippen LogP contribution in [0, 0.1) is 5.92 Å². The molecule has 0 saturated carbocycles. The van der Waals surface area contributed by atoms with Gasteiger partial charge in [0.15, 0.2) is 5.69 Å². The Bertz CT molecular complexity index is 438. The lowest BCUT2D eigenvalue weighted by atomic mass is 10.2. The second kappa shape index (κ2) is 6.81. The van der Waals surface area contributed by atoms with E-state index in [1.165, 1.54) is 12.7 Å². The van der Waals surface area contributed by atoms with Crippen molar-refractivity contribution in [3.05, 3.63) is 11.9 Å². The predicted octanol–water partition coefficient (Wildman–Crippen LogP) is 0.250. The highest BCUT2D eigenvalue weighted by Gasteiger charge is 2.17. The first-order valence-electron chi connectivity index (χ1n) is 7.12. The molecule has 2 heterocycles. The smallest absolute Gasteiger partial charge is 0.358 e. The van der Waals surface area contributed by atoms with Crippen LogP contribution in [-0.4, -0.2) is 75.1 Å². The molecule has 1 aliphatic heterocycles. The minimum atomic E-state index is -1.03. The van der Waals surface area contributed by atoms with Gasteiger partial charge in [-0.15, -0.1) is 5.10 Å². The minimum absolute atomic E-state index is 0.00625. The molecule has 7 nitrogen and oxygen atoms in total. The van der Waals surface area contributed by atoms with E-state index in [0.29, 0.717) is 12.5 Å². The van der Waals surface area contributed by atoms with Crippen molar-refractivity contribution in [1.29, 1.82) is 0 Å². The van der Waals surface area contributed by atoms with Crippen molar-refractivity contribution in [3.8, 4) is 0 Å². The molecule has 0 unspecified atom stereocenters. The Labute approximate surface area is 119 Å². The molecule has 112 valence electrons. The van der Waals surface area contributed by atoms with Gasteiger partial charge in [0.1, 0.15) is 0 Å². The van der Waals surface area contributed by atoms with Crippen LogP contribution in [0.1, 0.15) is 24.3 Å². The summed E-state index contributed by atoms with van der Waals surface area (Å²) in [5.74, 6) is -0.315. The lowest BCUT2D eigenvalue weighted by molar-refractivity contribution is 0.0690. The van der Waals surface area contributed by atoms with Crippen LogP contribution >= 0.6 is 0 Å². The maximum atomic E-state index is 10.7. The van der Waals surface area contributed by atoms with Gasteiger partial charge < -0.3 is 10.0 Å². The predicted molar refractivity (Wildman–Crippen MR) is 74.7 cm³/mol. The minimum Gasteiger partial charge on any atom is -0.476 e. The molecule has 1 aromatic heterocycles. The van der Waals surface area contributed by atoms with Gasteiger partial charge in [-0.05, 0) is 5.92 Å². The van der Waals surface area contributed by atoms with Crippen LogP contribution in [0.2, 0.25) is 0 Å². The van der Waals surface area contributed by atoms with Crippen LogP contribution in [-0.2, 0) is 6.54 Å². The fraction of sp³-hybridized carbons (Fsp3) is 0.769. The number of carbonyl (C=O) groups is 1. The van der Waals surface area contributed by atoms with Crippen molar-refractivity contribution in [2.24, 2.45) is 5.92 Å². The SMILES string of the molecule is CC(C)CN1CCN(CCn2cc(C(=O)O)nn2)CC1. The van der Waals surface area contributed by atoms with Crippen molar-refractivity contribution in [3.63, 3.8) is 0 Å². The summed E-state index contributed by atoms with van der Waals surface area (Å²) in [6, 6.07) is 0. The van der Waals surface area contributed by atoms with Crippen LogP contribution in [0.15, 0.2) is 6.20 Å². The maximum Gasteiger partial charge on any atom is 0.358 e. The van der Waals surface area contributed by atoms with Crippen LogP contribution in [0.3, 0.4) is 0 Å². The average Bonchev–Trinajstić information content (AvgIpc) is 2.86. The van der Waals surface area contributed by atoms with E-state index in [4.69, 9.17) is 5.11 Å². The van der Waals surface area contributed by atoms with Crippen molar-refractivity contribution >= 4 is 5.97 Å². The summed E-state index contributed by atoms with van der Waals surface area (Å²) in [6.07, 6.45) is 1.48. The molecule has 0 amide bonds. The molecule has 0 aromatic carbocycles. The highest BCUT2D eigenvalue weighted by Crippen LogP contribution is 2.05. The third-order valence-electron chi connectivity index (χ3n) is 3.49. The molecular weight excluding hydrogens is 258 g/mol.